The lowest BCUT2D eigenvalue weighted by Crippen LogP contribution is -2.31. The summed E-state index contributed by atoms with van der Waals surface area (Å²) in [6.45, 7) is 5.11. The first kappa shape index (κ1) is 20.5. The van der Waals surface area contributed by atoms with Crippen LogP contribution in [-0.2, 0) is 4.74 Å². The lowest BCUT2D eigenvalue weighted by Gasteiger charge is -2.13. The van der Waals surface area contributed by atoms with Crippen molar-refractivity contribution in [1.29, 1.82) is 0 Å². The van der Waals surface area contributed by atoms with E-state index < -0.39 is 0 Å². The SMILES string of the molecule is CCNC(=NCCOc1cccnc1)Nc1cccc(OCCCOC)c1. The number of anilines is 1. The van der Waals surface area contributed by atoms with Crippen LogP contribution in [-0.4, -0.2) is 51.0 Å². The molecule has 0 spiro atoms. The average molecular weight is 372 g/mol. The van der Waals surface area contributed by atoms with Gasteiger partial charge in [0.1, 0.15) is 18.1 Å². The van der Waals surface area contributed by atoms with Gasteiger partial charge in [0.15, 0.2) is 5.96 Å². The number of hydrogen-bond donors (Lipinski definition) is 2. The molecule has 0 aliphatic rings. The lowest BCUT2D eigenvalue weighted by molar-refractivity contribution is 0.172. The van der Waals surface area contributed by atoms with Crippen molar-refractivity contribution in [2.75, 3.05) is 45.3 Å². The Bertz CT molecular complexity index is 680. The van der Waals surface area contributed by atoms with Gasteiger partial charge in [0, 0.05) is 44.6 Å². The summed E-state index contributed by atoms with van der Waals surface area (Å²) in [6.07, 6.45) is 4.26. The van der Waals surface area contributed by atoms with E-state index in [4.69, 9.17) is 14.2 Å². The zero-order valence-electron chi connectivity index (χ0n) is 16.0. The number of nitrogens with zero attached hydrogens (tertiary/aromatic N) is 2. The van der Waals surface area contributed by atoms with E-state index in [1.807, 2.05) is 43.3 Å². The molecule has 1 aromatic carbocycles. The van der Waals surface area contributed by atoms with E-state index >= 15 is 0 Å². The summed E-state index contributed by atoms with van der Waals surface area (Å²) in [5.41, 5.74) is 0.909. The minimum absolute atomic E-state index is 0.477. The number of benzene rings is 1. The number of nitrogens with one attached hydrogen (secondary N) is 2. The number of aromatic nitrogens is 1. The lowest BCUT2D eigenvalue weighted by atomic mass is 10.3. The molecular weight excluding hydrogens is 344 g/mol. The number of pyridine rings is 1. The van der Waals surface area contributed by atoms with Crippen LogP contribution in [0, 0.1) is 0 Å². The van der Waals surface area contributed by atoms with Crippen LogP contribution in [0.15, 0.2) is 53.8 Å². The van der Waals surface area contributed by atoms with Crippen LogP contribution in [0.2, 0.25) is 0 Å². The molecule has 0 bridgehead atoms. The first-order valence-corrected chi connectivity index (χ1v) is 9.11. The molecule has 1 aromatic heterocycles. The van der Waals surface area contributed by atoms with Gasteiger partial charge in [-0.1, -0.05) is 6.07 Å². The van der Waals surface area contributed by atoms with Crippen molar-refractivity contribution in [1.82, 2.24) is 10.3 Å². The summed E-state index contributed by atoms with van der Waals surface area (Å²) in [5.74, 6) is 2.25. The summed E-state index contributed by atoms with van der Waals surface area (Å²) in [4.78, 5) is 8.55. The maximum Gasteiger partial charge on any atom is 0.195 e. The summed E-state index contributed by atoms with van der Waals surface area (Å²) in [7, 11) is 1.69. The highest BCUT2D eigenvalue weighted by atomic mass is 16.5. The Labute approximate surface area is 160 Å². The summed E-state index contributed by atoms with van der Waals surface area (Å²) >= 11 is 0. The highest BCUT2D eigenvalue weighted by Gasteiger charge is 2.01. The topological polar surface area (TPSA) is 77.0 Å². The Morgan fingerprint density at radius 1 is 1.07 bits per heavy atom. The second-order valence-corrected chi connectivity index (χ2v) is 5.65. The van der Waals surface area contributed by atoms with Crippen molar-refractivity contribution in [3.05, 3.63) is 48.8 Å². The molecule has 7 heteroatoms. The van der Waals surface area contributed by atoms with Crippen LogP contribution in [0.4, 0.5) is 5.69 Å². The van der Waals surface area contributed by atoms with Crippen molar-refractivity contribution in [3.63, 3.8) is 0 Å². The fraction of sp³-hybridized carbons (Fsp3) is 0.400. The maximum absolute atomic E-state index is 5.73. The van der Waals surface area contributed by atoms with E-state index in [1.54, 1.807) is 19.5 Å². The molecule has 2 N–H and O–H groups in total. The van der Waals surface area contributed by atoms with Gasteiger partial charge in [-0.3, -0.25) is 4.98 Å². The van der Waals surface area contributed by atoms with Gasteiger partial charge in [-0.25, -0.2) is 4.99 Å². The normalized spacial score (nSPS) is 11.1. The largest absolute Gasteiger partial charge is 0.493 e. The van der Waals surface area contributed by atoms with Crippen molar-refractivity contribution >= 4 is 11.6 Å². The number of aliphatic imine (C=N–C) groups is 1. The summed E-state index contributed by atoms with van der Waals surface area (Å²) in [5, 5.41) is 6.51. The number of rotatable bonds is 11. The minimum Gasteiger partial charge on any atom is -0.493 e. The highest BCUT2D eigenvalue weighted by Crippen LogP contribution is 2.17. The Hall–Kier alpha value is -2.80. The molecule has 0 unspecified atom stereocenters. The Balaban J connectivity index is 1.84. The quantitative estimate of drug-likeness (QED) is 0.359. The number of hydrogen-bond acceptors (Lipinski definition) is 5. The predicted octanol–water partition coefficient (Wildman–Crippen LogP) is 2.95. The van der Waals surface area contributed by atoms with Gasteiger partial charge in [-0.15, -0.1) is 0 Å². The molecule has 7 nitrogen and oxygen atoms in total. The third-order valence-corrected chi connectivity index (χ3v) is 3.47. The van der Waals surface area contributed by atoms with Crippen LogP contribution in [0.1, 0.15) is 13.3 Å². The molecule has 0 atom stereocenters. The van der Waals surface area contributed by atoms with E-state index in [0.717, 1.165) is 30.2 Å². The van der Waals surface area contributed by atoms with E-state index in [0.29, 0.717) is 32.3 Å². The zero-order valence-corrected chi connectivity index (χ0v) is 16.0. The maximum atomic E-state index is 5.73. The fourth-order valence-corrected chi connectivity index (χ4v) is 2.25. The zero-order chi connectivity index (χ0) is 19.2. The smallest absolute Gasteiger partial charge is 0.195 e. The van der Waals surface area contributed by atoms with Crippen molar-refractivity contribution in [3.8, 4) is 11.5 Å². The van der Waals surface area contributed by atoms with Crippen LogP contribution < -0.4 is 20.1 Å². The number of guanidine groups is 1. The van der Waals surface area contributed by atoms with Crippen LogP contribution >= 0.6 is 0 Å². The standard InChI is InChI=1S/C20H28N4O3/c1-3-22-20(23-11-14-27-19-9-5-10-21-16-19)24-17-7-4-8-18(15-17)26-13-6-12-25-2/h4-5,7-10,15-16H,3,6,11-14H2,1-2H3,(H2,22,23,24). The monoisotopic (exact) mass is 372 g/mol. The highest BCUT2D eigenvalue weighted by molar-refractivity contribution is 5.93. The molecule has 0 saturated carbocycles. The minimum atomic E-state index is 0.477. The van der Waals surface area contributed by atoms with Crippen LogP contribution in [0.25, 0.3) is 0 Å². The molecule has 0 aliphatic heterocycles. The third kappa shape index (κ3) is 8.42. The first-order valence-electron chi connectivity index (χ1n) is 9.11. The van der Waals surface area contributed by atoms with E-state index in [2.05, 4.69) is 20.6 Å². The third-order valence-electron chi connectivity index (χ3n) is 3.47. The molecule has 2 rings (SSSR count). The second kappa shape index (κ2) is 12.5. The average Bonchev–Trinajstić information content (AvgIpc) is 2.70. The fourth-order valence-electron chi connectivity index (χ4n) is 2.25. The van der Waals surface area contributed by atoms with Crippen LogP contribution in [0.5, 0.6) is 11.5 Å². The molecule has 0 fully saturated rings. The molecule has 1 heterocycles. The Morgan fingerprint density at radius 3 is 2.70 bits per heavy atom. The van der Waals surface area contributed by atoms with Crippen LogP contribution in [0.3, 0.4) is 0 Å². The van der Waals surface area contributed by atoms with Crippen molar-refractivity contribution in [2.45, 2.75) is 13.3 Å². The van der Waals surface area contributed by atoms with Gasteiger partial charge in [-0.05, 0) is 31.2 Å². The molecule has 2 aromatic rings. The van der Waals surface area contributed by atoms with E-state index in [1.165, 1.54) is 0 Å². The van der Waals surface area contributed by atoms with Crippen molar-refractivity contribution in [2.24, 2.45) is 4.99 Å². The predicted molar refractivity (Wildman–Crippen MR) is 108 cm³/mol. The van der Waals surface area contributed by atoms with Crippen molar-refractivity contribution < 1.29 is 14.2 Å². The molecule has 0 aliphatic carbocycles. The van der Waals surface area contributed by atoms with Gasteiger partial charge in [0.2, 0.25) is 0 Å². The molecule has 146 valence electrons. The molecular formula is C20H28N4O3. The van der Waals surface area contributed by atoms with Gasteiger partial charge in [0.25, 0.3) is 0 Å². The van der Waals surface area contributed by atoms with Gasteiger partial charge in [-0.2, -0.15) is 0 Å². The molecule has 0 amide bonds. The van der Waals surface area contributed by atoms with E-state index in [9.17, 15) is 0 Å². The molecule has 27 heavy (non-hydrogen) atoms. The van der Waals surface area contributed by atoms with Gasteiger partial charge >= 0.3 is 0 Å². The second-order valence-electron chi connectivity index (χ2n) is 5.65. The first-order chi connectivity index (χ1) is 13.3. The Kier molecular flexibility index (Phi) is 9.52. The molecule has 0 saturated heterocycles. The van der Waals surface area contributed by atoms with Gasteiger partial charge in [0.05, 0.1) is 19.3 Å². The molecule has 0 radical (unpaired) electrons. The Morgan fingerprint density at radius 2 is 1.93 bits per heavy atom. The summed E-state index contributed by atoms with van der Waals surface area (Å²) in [6, 6.07) is 11.5. The number of ether oxygens (including phenoxy) is 3. The van der Waals surface area contributed by atoms with E-state index in [-0.39, 0.29) is 0 Å². The van der Waals surface area contributed by atoms with Gasteiger partial charge < -0.3 is 24.8 Å². The summed E-state index contributed by atoms with van der Waals surface area (Å²) < 4.78 is 16.4. The number of methoxy groups -OCH3 is 1.